The number of nitrogens with two attached hydrogens (primary N) is 1. The molecule has 1 aromatic rings. The third-order valence-electron chi connectivity index (χ3n) is 2.34. The zero-order chi connectivity index (χ0) is 11.3. The van der Waals surface area contributed by atoms with Crippen LogP contribution in [0.3, 0.4) is 0 Å². The fourth-order valence-corrected chi connectivity index (χ4v) is 2.28. The maximum absolute atomic E-state index is 6.11. The summed E-state index contributed by atoms with van der Waals surface area (Å²) in [5.41, 5.74) is 7.37. The highest BCUT2D eigenvalue weighted by molar-refractivity contribution is 7.99. The molecule has 0 bridgehead atoms. The number of benzene rings is 1. The molecule has 1 aromatic carbocycles. The van der Waals surface area contributed by atoms with Gasteiger partial charge >= 0.3 is 0 Å². The highest BCUT2D eigenvalue weighted by atomic mass is 32.2. The summed E-state index contributed by atoms with van der Waals surface area (Å²) in [7, 11) is 0. The molecule has 1 nitrogen and oxygen atoms in total. The Hall–Kier alpha value is -0.470. The molecule has 2 heteroatoms. The van der Waals surface area contributed by atoms with Crippen molar-refractivity contribution < 1.29 is 0 Å². The molecule has 0 fully saturated rings. The van der Waals surface area contributed by atoms with Crippen molar-refractivity contribution >= 4 is 11.8 Å². The molecular weight excluding hydrogens is 202 g/mol. The first-order valence-electron chi connectivity index (χ1n) is 5.61. The number of thioether (sulfide) groups is 1. The molecule has 1 unspecified atom stereocenters. The fraction of sp³-hybridized carbons (Fsp3) is 0.538. The van der Waals surface area contributed by atoms with E-state index in [4.69, 9.17) is 5.73 Å². The van der Waals surface area contributed by atoms with Crippen molar-refractivity contribution in [3.8, 4) is 0 Å². The monoisotopic (exact) mass is 223 g/mol. The van der Waals surface area contributed by atoms with Crippen LogP contribution in [0.2, 0.25) is 0 Å². The molecule has 1 rings (SSSR count). The summed E-state index contributed by atoms with van der Waals surface area (Å²) in [6, 6.07) is 8.84. The lowest BCUT2D eigenvalue weighted by Crippen LogP contribution is -2.12. The molecule has 1 atom stereocenters. The molecule has 0 aliphatic heterocycles. The van der Waals surface area contributed by atoms with Gasteiger partial charge in [0.1, 0.15) is 0 Å². The molecule has 0 aliphatic rings. The van der Waals surface area contributed by atoms with Crippen molar-refractivity contribution in [2.45, 2.75) is 38.1 Å². The first-order valence-corrected chi connectivity index (χ1v) is 6.60. The van der Waals surface area contributed by atoms with Crippen molar-refractivity contribution in [3.05, 3.63) is 29.8 Å². The lowest BCUT2D eigenvalue weighted by atomic mass is 9.98. The molecule has 0 aromatic heterocycles. The Morgan fingerprint density at radius 2 is 1.80 bits per heavy atom. The van der Waals surface area contributed by atoms with Gasteiger partial charge in [-0.25, -0.2) is 0 Å². The third kappa shape index (κ3) is 4.27. The highest BCUT2D eigenvalue weighted by Gasteiger charge is 2.07. The van der Waals surface area contributed by atoms with Crippen LogP contribution in [0.4, 0.5) is 0 Å². The van der Waals surface area contributed by atoms with E-state index in [1.165, 1.54) is 10.5 Å². The van der Waals surface area contributed by atoms with Crippen LogP contribution >= 0.6 is 11.8 Å². The maximum Gasteiger partial charge on any atom is 0.0297 e. The molecule has 0 heterocycles. The molecule has 0 amide bonds. The molecule has 0 saturated heterocycles. The van der Waals surface area contributed by atoms with E-state index in [0.29, 0.717) is 5.92 Å². The molecule has 0 saturated carbocycles. The number of hydrogen-bond acceptors (Lipinski definition) is 2. The number of rotatable bonds is 5. The standard InChI is InChI=1S/C13H21NS/c1-4-15-12-7-5-11(6-8-12)13(14)9-10(2)3/h5-8,10,13H,4,9,14H2,1-3H3. The van der Waals surface area contributed by atoms with E-state index in [1.54, 1.807) is 0 Å². The Bertz CT molecular complexity index is 279. The Morgan fingerprint density at radius 1 is 1.20 bits per heavy atom. The first-order chi connectivity index (χ1) is 7.13. The van der Waals surface area contributed by atoms with Gasteiger partial charge in [-0.05, 0) is 35.8 Å². The quantitative estimate of drug-likeness (QED) is 0.767. The van der Waals surface area contributed by atoms with Crippen LogP contribution in [0.5, 0.6) is 0 Å². The molecule has 0 spiro atoms. The second-order valence-electron chi connectivity index (χ2n) is 4.24. The summed E-state index contributed by atoms with van der Waals surface area (Å²) < 4.78 is 0. The zero-order valence-electron chi connectivity index (χ0n) is 9.86. The van der Waals surface area contributed by atoms with Crippen LogP contribution in [0.15, 0.2) is 29.2 Å². The van der Waals surface area contributed by atoms with Gasteiger partial charge in [0.05, 0.1) is 0 Å². The Labute approximate surface area is 97.4 Å². The van der Waals surface area contributed by atoms with Crippen LogP contribution in [-0.4, -0.2) is 5.75 Å². The van der Waals surface area contributed by atoms with Crippen LogP contribution in [0.25, 0.3) is 0 Å². The molecule has 2 N–H and O–H groups in total. The van der Waals surface area contributed by atoms with Crippen molar-refractivity contribution in [1.29, 1.82) is 0 Å². The predicted octanol–water partition coefficient (Wildman–Crippen LogP) is 3.84. The van der Waals surface area contributed by atoms with E-state index >= 15 is 0 Å². The Balaban J connectivity index is 2.62. The van der Waals surface area contributed by atoms with Gasteiger partial charge in [0.25, 0.3) is 0 Å². The summed E-state index contributed by atoms with van der Waals surface area (Å²) in [4.78, 5) is 1.33. The summed E-state index contributed by atoms with van der Waals surface area (Å²) in [5.74, 6) is 1.78. The highest BCUT2D eigenvalue weighted by Crippen LogP contribution is 2.22. The lowest BCUT2D eigenvalue weighted by molar-refractivity contribution is 0.510. The van der Waals surface area contributed by atoms with Gasteiger partial charge in [0.2, 0.25) is 0 Å². The topological polar surface area (TPSA) is 26.0 Å². The van der Waals surface area contributed by atoms with Gasteiger partial charge in [0.15, 0.2) is 0 Å². The Morgan fingerprint density at radius 3 is 2.27 bits per heavy atom. The fourth-order valence-electron chi connectivity index (χ4n) is 1.62. The van der Waals surface area contributed by atoms with Crippen LogP contribution in [0.1, 0.15) is 38.8 Å². The average molecular weight is 223 g/mol. The van der Waals surface area contributed by atoms with Gasteiger partial charge in [0, 0.05) is 10.9 Å². The van der Waals surface area contributed by atoms with E-state index in [1.807, 2.05) is 11.8 Å². The zero-order valence-corrected chi connectivity index (χ0v) is 10.7. The van der Waals surface area contributed by atoms with Gasteiger partial charge < -0.3 is 5.73 Å². The average Bonchev–Trinajstić information content (AvgIpc) is 2.18. The van der Waals surface area contributed by atoms with Gasteiger partial charge in [-0.15, -0.1) is 11.8 Å². The molecule has 0 aliphatic carbocycles. The van der Waals surface area contributed by atoms with Crippen molar-refractivity contribution in [2.75, 3.05) is 5.75 Å². The summed E-state index contributed by atoms with van der Waals surface area (Å²) >= 11 is 1.87. The maximum atomic E-state index is 6.11. The van der Waals surface area contributed by atoms with E-state index in [-0.39, 0.29) is 6.04 Å². The van der Waals surface area contributed by atoms with E-state index in [2.05, 4.69) is 45.0 Å². The molecule has 15 heavy (non-hydrogen) atoms. The minimum absolute atomic E-state index is 0.186. The van der Waals surface area contributed by atoms with E-state index < -0.39 is 0 Å². The summed E-state index contributed by atoms with van der Waals surface area (Å²) in [6.45, 7) is 6.59. The first kappa shape index (κ1) is 12.6. The smallest absolute Gasteiger partial charge is 0.0297 e. The minimum atomic E-state index is 0.186. The normalized spacial score (nSPS) is 13.1. The van der Waals surface area contributed by atoms with Crippen LogP contribution in [0, 0.1) is 5.92 Å². The van der Waals surface area contributed by atoms with Crippen LogP contribution in [-0.2, 0) is 0 Å². The van der Waals surface area contributed by atoms with Crippen molar-refractivity contribution in [2.24, 2.45) is 11.7 Å². The van der Waals surface area contributed by atoms with Crippen molar-refractivity contribution in [3.63, 3.8) is 0 Å². The van der Waals surface area contributed by atoms with Crippen LogP contribution < -0.4 is 5.73 Å². The predicted molar refractivity (Wildman–Crippen MR) is 69.2 cm³/mol. The second-order valence-corrected chi connectivity index (χ2v) is 5.58. The van der Waals surface area contributed by atoms with Gasteiger partial charge in [-0.3, -0.25) is 0 Å². The van der Waals surface area contributed by atoms with E-state index in [0.717, 1.165) is 12.2 Å². The largest absolute Gasteiger partial charge is 0.324 e. The molecule has 0 radical (unpaired) electrons. The van der Waals surface area contributed by atoms with Crippen molar-refractivity contribution in [1.82, 2.24) is 0 Å². The van der Waals surface area contributed by atoms with Gasteiger partial charge in [-0.2, -0.15) is 0 Å². The summed E-state index contributed by atoms with van der Waals surface area (Å²) in [6.07, 6.45) is 1.06. The lowest BCUT2D eigenvalue weighted by Gasteiger charge is -2.14. The molecule has 84 valence electrons. The number of hydrogen-bond donors (Lipinski definition) is 1. The third-order valence-corrected chi connectivity index (χ3v) is 3.24. The van der Waals surface area contributed by atoms with E-state index in [9.17, 15) is 0 Å². The molecular formula is C13H21NS. The Kier molecular flexibility index (Phi) is 5.20. The summed E-state index contributed by atoms with van der Waals surface area (Å²) in [5, 5.41) is 0. The van der Waals surface area contributed by atoms with Gasteiger partial charge in [-0.1, -0.05) is 32.9 Å². The second kappa shape index (κ2) is 6.19. The SMILES string of the molecule is CCSc1ccc(C(N)CC(C)C)cc1. The minimum Gasteiger partial charge on any atom is -0.324 e.